The van der Waals surface area contributed by atoms with E-state index in [4.69, 9.17) is 15.9 Å². The summed E-state index contributed by atoms with van der Waals surface area (Å²) in [5, 5.41) is 20.4. The van der Waals surface area contributed by atoms with Crippen LogP contribution in [0.3, 0.4) is 0 Å². The average Bonchev–Trinajstić information content (AvgIpc) is 2.86. The Kier molecular flexibility index (Phi) is 10.3. The SMILES string of the molecule is CCc1ccc(OCCNS(=O)(=O)c2ccccc2)c(C(Nc2ccc(C(=N)N)cc2)C(=O)O)c1.Cl. The van der Waals surface area contributed by atoms with Crippen LogP contribution in [0.25, 0.3) is 0 Å². The third-order valence-corrected chi connectivity index (χ3v) is 6.73. The number of halogens is 1. The van der Waals surface area contributed by atoms with Crippen LogP contribution < -0.4 is 20.5 Å². The predicted octanol–water partition coefficient (Wildman–Crippen LogP) is 3.55. The molecule has 9 nitrogen and oxygen atoms in total. The predicted molar refractivity (Wildman–Crippen MR) is 142 cm³/mol. The van der Waals surface area contributed by atoms with Crippen molar-refractivity contribution in [1.29, 1.82) is 5.41 Å². The van der Waals surface area contributed by atoms with Gasteiger partial charge >= 0.3 is 5.97 Å². The van der Waals surface area contributed by atoms with Gasteiger partial charge in [0.2, 0.25) is 10.0 Å². The highest BCUT2D eigenvalue weighted by Gasteiger charge is 2.24. The molecule has 0 radical (unpaired) electrons. The first-order valence-electron chi connectivity index (χ1n) is 11.0. The summed E-state index contributed by atoms with van der Waals surface area (Å²) < 4.78 is 33.1. The van der Waals surface area contributed by atoms with E-state index < -0.39 is 22.0 Å². The summed E-state index contributed by atoms with van der Waals surface area (Å²) in [6.07, 6.45) is 0.698. The standard InChI is InChI=1S/C25H28N4O5S.ClH/c1-2-17-8-13-22(34-15-14-28-35(32,33)20-6-4-3-5-7-20)21(16-17)23(25(30)31)29-19-11-9-18(10-12-19)24(26)27;/h3-13,16,23,28-29H,2,14-15H2,1H3,(H3,26,27)(H,30,31);1H. The molecule has 1 unspecified atom stereocenters. The first-order valence-corrected chi connectivity index (χ1v) is 12.4. The first kappa shape index (κ1) is 28.6. The van der Waals surface area contributed by atoms with E-state index in [1.165, 1.54) is 12.1 Å². The van der Waals surface area contributed by atoms with Crippen LogP contribution in [-0.2, 0) is 21.2 Å². The van der Waals surface area contributed by atoms with E-state index in [2.05, 4.69) is 10.0 Å². The van der Waals surface area contributed by atoms with Crippen molar-refractivity contribution in [3.63, 3.8) is 0 Å². The summed E-state index contributed by atoms with van der Waals surface area (Å²) in [5.74, 6) is -0.856. The second-order valence-corrected chi connectivity index (χ2v) is 9.46. The number of sulfonamides is 1. The van der Waals surface area contributed by atoms with Crippen LogP contribution in [0.1, 0.15) is 29.7 Å². The molecular formula is C25H29ClN4O5S. The lowest BCUT2D eigenvalue weighted by molar-refractivity contribution is -0.138. The number of hydrogen-bond donors (Lipinski definition) is 5. The Morgan fingerprint density at radius 2 is 1.75 bits per heavy atom. The topological polar surface area (TPSA) is 155 Å². The van der Waals surface area contributed by atoms with Crippen molar-refractivity contribution in [2.75, 3.05) is 18.5 Å². The van der Waals surface area contributed by atoms with Crippen LogP contribution in [0.4, 0.5) is 5.69 Å². The van der Waals surface area contributed by atoms with Gasteiger partial charge in [0.05, 0.1) is 4.90 Å². The minimum Gasteiger partial charge on any atom is -0.492 e. The van der Waals surface area contributed by atoms with Crippen LogP contribution in [0, 0.1) is 5.41 Å². The molecule has 3 rings (SSSR count). The summed E-state index contributed by atoms with van der Waals surface area (Å²) in [6, 6.07) is 18.7. The first-order chi connectivity index (χ1) is 16.7. The Labute approximate surface area is 216 Å². The number of benzene rings is 3. The fraction of sp³-hybridized carbons (Fsp3) is 0.200. The van der Waals surface area contributed by atoms with Gasteiger partial charge in [-0.15, -0.1) is 12.4 Å². The summed E-state index contributed by atoms with van der Waals surface area (Å²) in [7, 11) is -3.68. The molecular weight excluding hydrogens is 504 g/mol. The van der Waals surface area contributed by atoms with E-state index in [0.717, 1.165) is 5.56 Å². The summed E-state index contributed by atoms with van der Waals surface area (Å²) in [6.45, 7) is 1.97. The molecule has 0 saturated carbocycles. The van der Waals surface area contributed by atoms with Crippen LogP contribution in [0.2, 0.25) is 0 Å². The maximum atomic E-state index is 12.4. The molecule has 0 aliphatic carbocycles. The van der Waals surface area contributed by atoms with Gasteiger partial charge in [-0.25, -0.2) is 17.9 Å². The largest absolute Gasteiger partial charge is 0.492 e. The Morgan fingerprint density at radius 3 is 2.33 bits per heavy atom. The fourth-order valence-electron chi connectivity index (χ4n) is 3.38. The molecule has 11 heteroatoms. The number of aryl methyl sites for hydroxylation is 1. The molecule has 3 aromatic rings. The number of anilines is 1. The highest BCUT2D eigenvalue weighted by atomic mass is 35.5. The molecule has 3 aromatic carbocycles. The summed E-state index contributed by atoms with van der Waals surface area (Å²) in [4.78, 5) is 12.3. The van der Waals surface area contributed by atoms with E-state index in [-0.39, 0.29) is 36.3 Å². The van der Waals surface area contributed by atoms with Gasteiger partial charge in [-0.1, -0.05) is 31.2 Å². The van der Waals surface area contributed by atoms with Crippen molar-refractivity contribution < 1.29 is 23.1 Å². The van der Waals surface area contributed by atoms with Crippen LogP contribution >= 0.6 is 12.4 Å². The zero-order valence-corrected chi connectivity index (χ0v) is 21.2. The molecule has 0 aromatic heterocycles. The van der Waals surface area contributed by atoms with Crippen molar-refractivity contribution in [3.8, 4) is 5.75 Å². The lowest BCUT2D eigenvalue weighted by Gasteiger charge is -2.21. The van der Waals surface area contributed by atoms with Gasteiger partial charge in [0.1, 0.15) is 18.2 Å². The van der Waals surface area contributed by atoms with E-state index in [9.17, 15) is 18.3 Å². The third-order valence-electron chi connectivity index (χ3n) is 5.25. The Bertz CT molecular complexity index is 1290. The maximum Gasteiger partial charge on any atom is 0.330 e. The molecule has 6 N–H and O–H groups in total. The fourth-order valence-corrected chi connectivity index (χ4v) is 4.41. The van der Waals surface area contributed by atoms with Gasteiger partial charge in [0.25, 0.3) is 0 Å². The Hall–Kier alpha value is -3.60. The number of carboxylic acids is 1. The van der Waals surface area contributed by atoms with Gasteiger partial charge < -0.3 is 20.9 Å². The number of hydrogen-bond acceptors (Lipinski definition) is 6. The number of carbonyl (C=O) groups is 1. The van der Waals surface area contributed by atoms with Gasteiger partial charge in [-0.3, -0.25) is 5.41 Å². The molecule has 1 atom stereocenters. The number of nitrogens with one attached hydrogen (secondary N) is 3. The van der Waals surface area contributed by atoms with E-state index in [1.807, 2.05) is 13.0 Å². The smallest absolute Gasteiger partial charge is 0.330 e. The van der Waals surface area contributed by atoms with Crippen LogP contribution in [0.15, 0.2) is 77.7 Å². The summed E-state index contributed by atoms with van der Waals surface area (Å²) >= 11 is 0. The van der Waals surface area contributed by atoms with Gasteiger partial charge in [0.15, 0.2) is 6.04 Å². The van der Waals surface area contributed by atoms with Gasteiger partial charge in [0, 0.05) is 23.4 Å². The number of rotatable bonds is 12. The number of nitrogen functional groups attached to an aromatic ring is 1. The number of nitrogens with two attached hydrogens (primary N) is 1. The maximum absolute atomic E-state index is 12.4. The molecule has 0 heterocycles. The molecule has 0 bridgehead atoms. The van der Waals surface area contributed by atoms with Gasteiger partial charge in [-0.05, 0) is 60.5 Å². The number of amidine groups is 1. The Balaban J connectivity index is 0.00000456. The molecule has 36 heavy (non-hydrogen) atoms. The van der Waals surface area contributed by atoms with E-state index in [0.29, 0.717) is 29.0 Å². The zero-order chi connectivity index (χ0) is 25.4. The Morgan fingerprint density at radius 1 is 1.08 bits per heavy atom. The molecule has 0 aliphatic rings. The van der Waals surface area contributed by atoms with Crippen molar-refractivity contribution in [1.82, 2.24) is 4.72 Å². The summed E-state index contributed by atoms with van der Waals surface area (Å²) in [5.41, 5.74) is 7.89. The van der Waals surface area contributed by atoms with E-state index >= 15 is 0 Å². The minimum absolute atomic E-state index is 0. The highest BCUT2D eigenvalue weighted by molar-refractivity contribution is 7.89. The van der Waals surface area contributed by atoms with Gasteiger partial charge in [-0.2, -0.15) is 0 Å². The van der Waals surface area contributed by atoms with Crippen molar-refractivity contribution >= 4 is 39.9 Å². The van der Waals surface area contributed by atoms with Crippen molar-refractivity contribution in [2.24, 2.45) is 5.73 Å². The van der Waals surface area contributed by atoms with Crippen molar-refractivity contribution in [3.05, 3.63) is 89.5 Å². The number of carboxylic acid groups (broad SMARTS) is 1. The monoisotopic (exact) mass is 532 g/mol. The third kappa shape index (κ3) is 7.45. The molecule has 0 saturated heterocycles. The lowest BCUT2D eigenvalue weighted by atomic mass is 10.0. The normalized spacial score (nSPS) is 11.7. The minimum atomic E-state index is -3.68. The molecule has 0 aliphatic heterocycles. The molecule has 192 valence electrons. The second-order valence-electron chi connectivity index (χ2n) is 7.69. The highest BCUT2D eigenvalue weighted by Crippen LogP contribution is 2.30. The van der Waals surface area contributed by atoms with Crippen LogP contribution in [0.5, 0.6) is 5.75 Å². The lowest BCUT2D eigenvalue weighted by Crippen LogP contribution is -2.28. The molecule has 0 fully saturated rings. The second kappa shape index (κ2) is 12.9. The number of ether oxygens (including phenoxy) is 1. The number of aliphatic carboxylic acids is 1. The molecule has 0 amide bonds. The quantitative estimate of drug-likeness (QED) is 0.136. The average molecular weight is 533 g/mol. The zero-order valence-electron chi connectivity index (χ0n) is 19.6. The van der Waals surface area contributed by atoms with E-state index in [1.54, 1.807) is 54.6 Å². The molecule has 0 spiro atoms. The van der Waals surface area contributed by atoms with Crippen molar-refractivity contribution in [2.45, 2.75) is 24.3 Å². The van der Waals surface area contributed by atoms with Crippen LogP contribution in [-0.4, -0.2) is 38.5 Å².